The van der Waals surface area contributed by atoms with Crippen LogP contribution in [0.5, 0.6) is 0 Å². The van der Waals surface area contributed by atoms with E-state index in [0.717, 1.165) is 25.6 Å². The third-order valence-electron chi connectivity index (χ3n) is 7.23. The number of carboxylic acid groups (broad SMARTS) is 1. The number of pyridine rings is 1. The second-order valence-corrected chi connectivity index (χ2v) is 10.6. The molecule has 2 atom stereocenters. The van der Waals surface area contributed by atoms with Crippen molar-refractivity contribution in [2.75, 3.05) is 19.6 Å². The number of benzene rings is 1. The van der Waals surface area contributed by atoms with E-state index in [4.69, 9.17) is 9.63 Å². The van der Waals surface area contributed by atoms with Crippen LogP contribution in [0.1, 0.15) is 47.9 Å². The van der Waals surface area contributed by atoms with Crippen LogP contribution in [0.15, 0.2) is 47.1 Å². The SMILES string of the molecule is Cc1cc(C(F)(F)F)cc(-n2ncc(-c3nc(-c4ccc(C(O)CN5CCCC(CC(=O)O)C5)cc4)no3)c2C(F)(F)F)n1. The van der Waals surface area contributed by atoms with Gasteiger partial charge in [-0.15, -0.1) is 0 Å². The number of likely N-dealkylation sites (tertiary alicyclic amines) is 1. The number of aliphatic hydroxyl groups excluding tert-OH is 1. The van der Waals surface area contributed by atoms with Crippen molar-refractivity contribution in [3.63, 3.8) is 0 Å². The van der Waals surface area contributed by atoms with E-state index in [1.807, 2.05) is 4.90 Å². The number of piperidine rings is 1. The summed E-state index contributed by atoms with van der Waals surface area (Å²) in [5.74, 6) is -2.16. The van der Waals surface area contributed by atoms with Gasteiger partial charge in [-0.1, -0.05) is 29.4 Å². The van der Waals surface area contributed by atoms with Gasteiger partial charge >= 0.3 is 18.3 Å². The van der Waals surface area contributed by atoms with Crippen molar-refractivity contribution < 1.29 is 45.9 Å². The van der Waals surface area contributed by atoms with Gasteiger partial charge in [0.05, 0.1) is 23.4 Å². The van der Waals surface area contributed by atoms with Crippen molar-refractivity contribution in [2.45, 2.75) is 44.6 Å². The van der Waals surface area contributed by atoms with Crippen LogP contribution < -0.4 is 0 Å². The number of rotatable bonds is 8. The predicted molar refractivity (Wildman–Crippen MR) is 141 cm³/mol. The molecule has 3 aromatic heterocycles. The van der Waals surface area contributed by atoms with Crippen molar-refractivity contribution >= 4 is 5.97 Å². The highest BCUT2D eigenvalue weighted by atomic mass is 19.4. The van der Waals surface area contributed by atoms with Crippen molar-refractivity contribution in [3.05, 3.63) is 65.1 Å². The van der Waals surface area contributed by atoms with Crippen LogP contribution in [0.4, 0.5) is 26.3 Å². The molecule has 1 aromatic carbocycles. The molecule has 0 amide bonds. The van der Waals surface area contributed by atoms with Crippen LogP contribution >= 0.6 is 0 Å². The number of aryl methyl sites for hydroxylation is 1. The Bertz CT molecular complexity index is 1630. The summed E-state index contributed by atoms with van der Waals surface area (Å²) in [5.41, 5.74) is -2.51. The molecule has 0 radical (unpaired) electrons. The van der Waals surface area contributed by atoms with Gasteiger partial charge in [-0.05, 0) is 49.9 Å². The number of carboxylic acids is 1. The van der Waals surface area contributed by atoms with Gasteiger partial charge in [0.15, 0.2) is 11.5 Å². The maximum atomic E-state index is 14.2. The van der Waals surface area contributed by atoms with Crippen LogP contribution in [0.3, 0.4) is 0 Å². The van der Waals surface area contributed by atoms with Crippen LogP contribution in [-0.2, 0) is 17.1 Å². The van der Waals surface area contributed by atoms with E-state index in [1.165, 1.54) is 6.92 Å². The van der Waals surface area contributed by atoms with Crippen LogP contribution in [-0.4, -0.2) is 65.6 Å². The standard InChI is InChI=1S/C28H26F6N6O4/c1-15-9-19(27(29,30)31)11-22(36-15)40-24(28(32,33)34)20(12-35-40)26-37-25(38-44-26)18-6-4-17(5-7-18)21(41)14-39-8-2-3-16(13-39)10-23(42)43/h4-7,9,11-12,16,21,41H,2-3,8,10,13-14H2,1H3,(H,42,43). The molecule has 0 bridgehead atoms. The van der Waals surface area contributed by atoms with Crippen LogP contribution in [0.2, 0.25) is 0 Å². The number of aromatic nitrogens is 5. The summed E-state index contributed by atoms with van der Waals surface area (Å²) in [6, 6.07) is 7.50. The summed E-state index contributed by atoms with van der Waals surface area (Å²) in [5, 5.41) is 27.2. The molecule has 10 nitrogen and oxygen atoms in total. The van der Waals surface area contributed by atoms with Crippen molar-refractivity contribution in [1.82, 2.24) is 29.8 Å². The molecule has 5 rings (SSSR count). The van der Waals surface area contributed by atoms with Gasteiger partial charge in [-0.25, -0.2) is 9.67 Å². The lowest BCUT2D eigenvalue weighted by Gasteiger charge is -2.33. The average Bonchev–Trinajstić information content (AvgIpc) is 3.60. The first-order valence-corrected chi connectivity index (χ1v) is 13.5. The van der Waals surface area contributed by atoms with Gasteiger partial charge in [0.25, 0.3) is 5.89 Å². The topological polar surface area (TPSA) is 130 Å². The monoisotopic (exact) mass is 624 g/mol. The van der Waals surface area contributed by atoms with E-state index >= 15 is 0 Å². The number of β-amino-alcohol motifs (C(OH)–C–C–N with tert-alkyl or cyclic N) is 1. The number of aliphatic carboxylic acids is 1. The number of hydrogen-bond donors (Lipinski definition) is 2. The maximum absolute atomic E-state index is 14.2. The Kier molecular flexibility index (Phi) is 8.49. The zero-order valence-electron chi connectivity index (χ0n) is 23.1. The molecule has 4 aromatic rings. The number of alkyl halides is 6. The highest BCUT2D eigenvalue weighted by Gasteiger charge is 2.41. The fraction of sp³-hybridized carbons (Fsp3) is 0.393. The van der Waals surface area contributed by atoms with E-state index in [2.05, 4.69) is 20.2 Å². The largest absolute Gasteiger partial charge is 0.481 e. The Morgan fingerprint density at radius 1 is 1.09 bits per heavy atom. The molecular weight excluding hydrogens is 598 g/mol. The lowest BCUT2D eigenvalue weighted by molar-refractivity contribution is -0.142. The molecule has 2 unspecified atom stereocenters. The molecule has 1 saturated heterocycles. The Balaban J connectivity index is 1.36. The Hall–Kier alpha value is -4.31. The Labute approximate surface area is 245 Å². The first-order valence-electron chi connectivity index (χ1n) is 13.5. The van der Waals surface area contributed by atoms with Gasteiger partial charge < -0.3 is 19.6 Å². The number of aliphatic hydroxyl groups is 1. The first-order chi connectivity index (χ1) is 20.7. The van der Waals surface area contributed by atoms with E-state index in [0.29, 0.717) is 36.3 Å². The average molecular weight is 625 g/mol. The molecular formula is C28H26F6N6O4. The smallest absolute Gasteiger partial charge is 0.434 e. The predicted octanol–water partition coefficient (Wildman–Crippen LogP) is 5.55. The normalized spacial score (nSPS) is 17.1. The molecule has 0 saturated carbocycles. The minimum absolute atomic E-state index is 0.0127. The number of hydrogen-bond acceptors (Lipinski definition) is 8. The van der Waals surface area contributed by atoms with E-state index in [1.54, 1.807) is 24.3 Å². The second kappa shape index (κ2) is 12.0. The van der Waals surface area contributed by atoms with E-state index in [-0.39, 0.29) is 28.5 Å². The summed E-state index contributed by atoms with van der Waals surface area (Å²) < 4.78 is 87.9. The number of carbonyl (C=O) groups is 1. The third-order valence-corrected chi connectivity index (χ3v) is 7.23. The molecule has 1 aliphatic rings. The lowest BCUT2D eigenvalue weighted by Crippen LogP contribution is -2.38. The van der Waals surface area contributed by atoms with Gasteiger partial charge in [-0.3, -0.25) is 4.79 Å². The second-order valence-electron chi connectivity index (χ2n) is 10.6. The zero-order chi connectivity index (χ0) is 31.8. The summed E-state index contributed by atoms with van der Waals surface area (Å²) in [6.45, 7) is 2.81. The van der Waals surface area contributed by atoms with Crippen molar-refractivity contribution in [2.24, 2.45) is 5.92 Å². The van der Waals surface area contributed by atoms with Gasteiger partial charge in [0, 0.05) is 30.8 Å². The fourth-order valence-electron chi connectivity index (χ4n) is 5.26. The summed E-state index contributed by atoms with van der Waals surface area (Å²) >= 11 is 0. The zero-order valence-corrected chi connectivity index (χ0v) is 23.1. The lowest BCUT2D eigenvalue weighted by atomic mass is 9.94. The molecule has 4 heterocycles. The molecule has 16 heteroatoms. The first kappa shape index (κ1) is 31.1. The fourth-order valence-corrected chi connectivity index (χ4v) is 5.26. The summed E-state index contributed by atoms with van der Waals surface area (Å²) in [4.78, 5) is 20.9. The third kappa shape index (κ3) is 6.91. The molecule has 1 fully saturated rings. The summed E-state index contributed by atoms with van der Waals surface area (Å²) in [7, 11) is 0. The number of halogens is 6. The van der Waals surface area contributed by atoms with Gasteiger partial charge in [0.2, 0.25) is 5.82 Å². The van der Waals surface area contributed by atoms with E-state index < -0.39 is 53.0 Å². The Morgan fingerprint density at radius 3 is 2.48 bits per heavy atom. The molecule has 0 aliphatic carbocycles. The van der Waals surface area contributed by atoms with Crippen LogP contribution in [0.25, 0.3) is 28.7 Å². The highest BCUT2D eigenvalue weighted by molar-refractivity contribution is 5.67. The van der Waals surface area contributed by atoms with Crippen molar-refractivity contribution in [1.29, 1.82) is 0 Å². The van der Waals surface area contributed by atoms with E-state index in [9.17, 15) is 36.2 Å². The number of nitrogens with zero attached hydrogens (tertiary/aromatic N) is 6. The minimum atomic E-state index is -5.08. The molecule has 44 heavy (non-hydrogen) atoms. The van der Waals surface area contributed by atoms with Crippen molar-refractivity contribution in [3.8, 4) is 28.7 Å². The maximum Gasteiger partial charge on any atom is 0.434 e. The van der Waals surface area contributed by atoms with Gasteiger partial charge in [-0.2, -0.15) is 36.4 Å². The highest BCUT2D eigenvalue weighted by Crippen LogP contribution is 2.39. The molecule has 0 spiro atoms. The minimum Gasteiger partial charge on any atom is -0.481 e. The van der Waals surface area contributed by atoms with Crippen LogP contribution in [0, 0.1) is 12.8 Å². The molecule has 1 aliphatic heterocycles. The quantitative estimate of drug-likeness (QED) is 0.242. The summed E-state index contributed by atoms with van der Waals surface area (Å²) in [6.07, 6.45) is -8.30. The van der Waals surface area contributed by atoms with Gasteiger partial charge in [0.1, 0.15) is 0 Å². The Morgan fingerprint density at radius 2 is 1.82 bits per heavy atom. The molecule has 234 valence electrons. The molecule has 2 N–H and O–H groups in total.